The topological polar surface area (TPSA) is 92.7 Å². The molecule has 6 nitrogen and oxygen atoms in total. The van der Waals surface area contributed by atoms with E-state index in [1.165, 1.54) is 7.11 Å². The molecule has 0 heterocycles. The van der Waals surface area contributed by atoms with Crippen LogP contribution in [0.5, 0.6) is 0 Å². The normalized spacial score (nSPS) is 9.85. The van der Waals surface area contributed by atoms with Gasteiger partial charge in [0.1, 0.15) is 0 Å². The third-order valence-electron chi connectivity index (χ3n) is 2.32. The van der Waals surface area contributed by atoms with Gasteiger partial charge in [-0.3, -0.25) is 9.59 Å². The molecule has 0 saturated heterocycles. The molecule has 0 spiro atoms. The third-order valence-corrected chi connectivity index (χ3v) is 3.24. The lowest BCUT2D eigenvalue weighted by Crippen LogP contribution is -2.25. The summed E-state index contributed by atoms with van der Waals surface area (Å²) < 4.78 is 4.58. The first-order valence-corrected chi connectivity index (χ1v) is 6.92. The van der Waals surface area contributed by atoms with E-state index in [-0.39, 0.29) is 17.4 Å². The number of rotatable bonds is 7. The number of carbonyl (C=O) groups excluding carboxylic acids is 2. The van der Waals surface area contributed by atoms with Crippen LogP contribution in [-0.4, -0.2) is 41.6 Å². The number of carboxylic acids is 1. The summed E-state index contributed by atoms with van der Waals surface area (Å²) in [6, 6.07) is 6.67. The molecule has 1 amide bonds. The quantitative estimate of drug-likeness (QED) is 0.727. The number of hydrogen-bond donors (Lipinski definition) is 2. The van der Waals surface area contributed by atoms with E-state index in [1.54, 1.807) is 24.3 Å². The Morgan fingerprint density at radius 3 is 2.40 bits per heavy atom. The zero-order valence-electron chi connectivity index (χ0n) is 10.9. The molecule has 0 bridgehead atoms. The Balaban J connectivity index is 2.36. The smallest absolute Gasteiger partial charge is 0.337 e. The molecule has 0 saturated carbocycles. The Kier molecular flexibility index (Phi) is 6.58. The second-order valence-electron chi connectivity index (χ2n) is 3.85. The standard InChI is InChI=1S/C13H15NO5S/c1-19-13(18)10-4-2-9(3-5-10)6-14-11(15)7-20-8-12(16)17/h2-5H,6-8H2,1H3,(H,14,15)(H,16,17). The largest absolute Gasteiger partial charge is 0.481 e. The van der Waals surface area contributed by atoms with E-state index in [2.05, 4.69) is 10.1 Å². The summed E-state index contributed by atoms with van der Waals surface area (Å²) in [6.07, 6.45) is 0. The predicted molar refractivity (Wildman–Crippen MR) is 74.6 cm³/mol. The van der Waals surface area contributed by atoms with Gasteiger partial charge in [-0.2, -0.15) is 0 Å². The number of thioether (sulfide) groups is 1. The molecule has 1 rings (SSSR count). The van der Waals surface area contributed by atoms with Crippen molar-refractivity contribution in [2.24, 2.45) is 0 Å². The molecule has 0 radical (unpaired) electrons. The van der Waals surface area contributed by atoms with Crippen LogP contribution in [-0.2, 0) is 20.9 Å². The SMILES string of the molecule is COC(=O)c1ccc(CNC(=O)CSCC(=O)O)cc1. The highest BCUT2D eigenvalue weighted by Crippen LogP contribution is 2.06. The first kappa shape index (κ1) is 16.0. The molecule has 0 aliphatic heterocycles. The zero-order chi connectivity index (χ0) is 15.0. The van der Waals surface area contributed by atoms with Crippen molar-refractivity contribution in [2.45, 2.75) is 6.54 Å². The Hall–Kier alpha value is -2.02. The van der Waals surface area contributed by atoms with Gasteiger partial charge in [0.05, 0.1) is 24.2 Å². The number of carboxylic acid groups (broad SMARTS) is 1. The fourth-order valence-electron chi connectivity index (χ4n) is 1.36. The van der Waals surface area contributed by atoms with E-state index >= 15 is 0 Å². The number of esters is 1. The molecule has 20 heavy (non-hydrogen) atoms. The van der Waals surface area contributed by atoms with Gasteiger partial charge >= 0.3 is 11.9 Å². The maximum absolute atomic E-state index is 11.4. The molecular weight excluding hydrogens is 282 g/mol. The summed E-state index contributed by atoms with van der Waals surface area (Å²) in [4.78, 5) is 32.9. The van der Waals surface area contributed by atoms with Crippen LogP contribution in [0.15, 0.2) is 24.3 Å². The second kappa shape index (κ2) is 8.21. The monoisotopic (exact) mass is 297 g/mol. The van der Waals surface area contributed by atoms with Gasteiger partial charge < -0.3 is 15.2 Å². The van der Waals surface area contributed by atoms with Crippen LogP contribution < -0.4 is 5.32 Å². The lowest BCUT2D eigenvalue weighted by atomic mass is 10.1. The number of aliphatic carboxylic acids is 1. The van der Waals surface area contributed by atoms with E-state index in [1.807, 2.05) is 0 Å². The molecule has 0 atom stereocenters. The summed E-state index contributed by atoms with van der Waals surface area (Å²) in [7, 11) is 1.31. The van der Waals surface area contributed by atoms with E-state index in [9.17, 15) is 14.4 Å². The Labute approximate surface area is 120 Å². The molecule has 0 aliphatic carbocycles. The summed E-state index contributed by atoms with van der Waals surface area (Å²) >= 11 is 1.04. The van der Waals surface area contributed by atoms with Crippen molar-refractivity contribution in [3.63, 3.8) is 0 Å². The van der Waals surface area contributed by atoms with Crippen molar-refractivity contribution in [2.75, 3.05) is 18.6 Å². The van der Waals surface area contributed by atoms with Crippen molar-refractivity contribution in [3.8, 4) is 0 Å². The molecule has 0 unspecified atom stereocenters. The van der Waals surface area contributed by atoms with Gasteiger partial charge in [-0.1, -0.05) is 12.1 Å². The van der Waals surface area contributed by atoms with Gasteiger partial charge in [-0.25, -0.2) is 4.79 Å². The molecule has 0 fully saturated rings. The first-order chi connectivity index (χ1) is 9.52. The Morgan fingerprint density at radius 1 is 1.20 bits per heavy atom. The number of methoxy groups -OCH3 is 1. The maximum Gasteiger partial charge on any atom is 0.337 e. The highest BCUT2D eigenvalue weighted by molar-refractivity contribution is 8.00. The highest BCUT2D eigenvalue weighted by Gasteiger charge is 2.06. The predicted octanol–water partition coefficient (Wildman–Crippen LogP) is 0.907. The van der Waals surface area contributed by atoms with E-state index < -0.39 is 11.9 Å². The van der Waals surface area contributed by atoms with Crippen LogP contribution in [0.4, 0.5) is 0 Å². The molecule has 7 heteroatoms. The Bertz CT molecular complexity index is 486. The molecule has 2 N–H and O–H groups in total. The van der Waals surface area contributed by atoms with Crippen LogP contribution in [0.1, 0.15) is 15.9 Å². The lowest BCUT2D eigenvalue weighted by molar-refractivity contribution is -0.133. The molecule has 0 aliphatic rings. The van der Waals surface area contributed by atoms with Crippen molar-refractivity contribution in [3.05, 3.63) is 35.4 Å². The summed E-state index contributed by atoms with van der Waals surface area (Å²) in [6.45, 7) is 0.327. The fourth-order valence-corrected chi connectivity index (χ4v) is 1.92. The number of benzene rings is 1. The van der Waals surface area contributed by atoms with E-state index in [0.29, 0.717) is 12.1 Å². The molecule has 0 aromatic heterocycles. The average Bonchev–Trinajstić information content (AvgIpc) is 2.44. The first-order valence-electron chi connectivity index (χ1n) is 5.76. The number of amides is 1. The van der Waals surface area contributed by atoms with Crippen molar-refractivity contribution >= 4 is 29.6 Å². The number of carbonyl (C=O) groups is 3. The van der Waals surface area contributed by atoms with Gasteiger partial charge in [-0.05, 0) is 17.7 Å². The zero-order valence-corrected chi connectivity index (χ0v) is 11.7. The van der Waals surface area contributed by atoms with Crippen LogP contribution in [0.2, 0.25) is 0 Å². The number of nitrogens with one attached hydrogen (secondary N) is 1. The van der Waals surface area contributed by atoms with E-state index in [4.69, 9.17) is 5.11 Å². The minimum atomic E-state index is -0.943. The van der Waals surface area contributed by atoms with Crippen molar-refractivity contribution in [1.29, 1.82) is 0 Å². The van der Waals surface area contributed by atoms with E-state index in [0.717, 1.165) is 17.3 Å². The van der Waals surface area contributed by atoms with Crippen LogP contribution >= 0.6 is 11.8 Å². The van der Waals surface area contributed by atoms with Crippen molar-refractivity contribution < 1.29 is 24.2 Å². The van der Waals surface area contributed by atoms with Gasteiger partial charge in [0.25, 0.3) is 0 Å². The minimum absolute atomic E-state index is 0.0960. The number of ether oxygens (including phenoxy) is 1. The van der Waals surface area contributed by atoms with Crippen LogP contribution in [0.3, 0.4) is 0 Å². The van der Waals surface area contributed by atoms with Gasteiger partial charge in [-0.15, -0.1) is 11.8 Å². The molecular formula is C13H15NO5S. The van der Waals surface area contributed by atoms with Gasteiger partial charge in [0.15, 0.2) is 0 Å². The van der Waals surface area contributed by atoms with Gasteiger partial charge in [0, 0.05) is 6.54 Å². The summed E-state index contributed by atoms with van der Waals surface area (Å²) in [5, 5.41) is 11.1. The lowest BCUT2D eigenvalue weighted by Gasteiger charge is -2.05. The highest BCUT2D eigenvalue weighted by atomic mass is 32.2. The third kappa shape index (κ3) is 5.75. The minimum Gasteiger partial charge on any atom is -0.481 e. The Morgan fingerprint density at radius 2 is 1.85 bits per heavy atom. The maximum atomic E-state index is 11.4. The summed E-state index contributed by atoms with van der Waals surface area (Å²) in [5.74, 6) is -1.58. The van der Waals surface area contributed by atoms with Crippen LogP contribution in [0.25, 0.3) is 0 Å². The molecule has 1 aromatic carbocycles. The fraction of sp³-hybridized carbons (Fsp3) is 0.308. The average molecular weight is 297 g/mol. The molecule has 108 valence electrons. The number of hydrogen-bond acceptors (Lipinski definition) is 5. The van der Waals surface area contributed by atoms with Crippen molar-refractivity contribution in [1.82, 2.24) is 5.32 Å². The second-order valence-corrected chi connectivity index (χ2v) is 4.84. The van der Waals surface area contributed by atoms with Crippen LogP contribution in [0, 0.1) is 0 Å². The summed E-state index contributed by atoms with van der Waals surface area (Å²) in [5.41, 5.74) is 1.29. The molecule has 1 aromatic rings. The van der Waals surface area contributed by atoms with Gasteiger partial charge in [0.2, 0.25) is 5.91 Å².